The van der Waals surface area contributed by atoms with Gasteiger partial charge >= 0.3 is 5.97 Å². The molecule has 0 unspecified atom stereocenters. The number of benzene rings is 1. The molecule has 16 heteroatoms. The van der Waals surface area contributed by atoms with Gasteiger partial charge in [0.25, 0.3) is 6.02 Å². The molecule has 0 bridgehead atoms. The predicted octanol–water partition coefficient (Wildman–Crippen LogP) is 3.79. The highest BCUT2D eigenvalue weighted by Crippen LogP contribution is 2.41. The second-order valence-electron chi connectivity index (χ2n) is 18.3. The minimum Gasteiger partial charge on any atom is -0.459 e. The zero-order chi connectivity index (χ0) is 43.8. The van der Waals surface area contributed by atoms with Gasteiger partial charge in [-0.2, -0.15) is 4.99 Å². The Morgan fingerprint density at radius 2 is 1.63 bits per heavy atom. The Morgan fingerprint density at radius 1 is 0.966 bits per heavy atom. The third-order valence-electron chi connectivity index (χ3n) is 13.1. The Balaban J connectivity index is 1.56. The van der Waals surface area contributed by atoms with Gasteiger partial charge in [0.1, 0.15) is 29.7 Å². The summed E-state index contributed by atoms with van der Waals surface area (Å²) in [5.74, 6) is -3.07. The highest BCUT2D eigenvalue weighted by Gasteiger charge is 2.54. The number of carbonyl (C=O) groups excluding carboxylic acids is 1. The van der Waals surface area contributed by atoms with Crippen molar-refractivity contribution in [3.63, 3.8) is 0 Å². The maximum atomic E-state index is 14.3. The Labute approximate surface area is 348 Å². The number of cyclic esters (lactones) is 1. The minimum atomic E-state index is -1.82. The number of likely N-dealkylation sites (N-methyl/N-ethyl adjacent to an activating group) is 1. The summed E-state index contributed by atoms with van der Waals surface area (Å²) >= 11 is 0. The van der Waals surface area contributed by atoms with Crippen LogP contribution >= 0.6 is 0 Å². The number of aliphatic hydroxyl groups is 4. The van der Waals surface area contributed by atoms with Gasteiger partial charge in [-0.15, -0.1) is 0 Å². The maximum Gasteiger partial charge on any atom is 0.311 e. The van der Waals surface area contributed by atoms with Crippen LogP contribution in [0.4, 0.5) is 10.1 Å². The van der Waals surface area contributed by atoms with Crippen LogP contribution in [0.2, 0.25) is 0 Å². The van der Waals surface area contributed by atoms with Crippen LogP contribution in [0.25, 0.3) is 0 Å². The number of fused-ring (bicyclic) bond motifs is 1. The van der Waals surface area contributed by atoms with Crippen molar-refractivity contribution >= 4 is 17.7 Å². The first-order valence-corrected chi connectivity index (χ1v) is 21.2. The van der Waals surface area contributed by atoms with E-state index in [1.165, 1.54) is 26.2 Å². The molecule has 59 heavy (non-hydrogen) atoms. The largest absolute Gasteiger partial charge is 0.459 e. The second-order valence-corrected chi connectivity index (χ2v) is 18.3. The second kappa shape index (κ2) is 18.9. The average molecular weight is 840 g/mol. The molecule has 5 rings (SSSR count). The quantitative estimate of drug-likeness (QED) is 0.250. The molecule has 1 aromatic rings. The summed E-state index contributed by atoms with van der Waals surface area (Å²) in [4.78, 5) is 20.9. The fourth-order valence-corrected chi connectivity index (χ4v) is 9.42. The molecular weight excluding hydrogens is 769 g/mol. The molecular formula is C43H70FN3O12. The number of aliphatic hydroxyl groups excluding tert-OH is 2. The minimum absolute atomic E-state index is 0.115. The SMILES string of the molecule is CC[C@H]1OC(=O)[C@H](C)[C@@H](O[C@H]2C[C@@](C)(OC)[C@@H](O)[C@H](C)O2)[C@H](C)[C@@H](O[C@@H]2O[C@H](C)C[C@H]3[C@H]2O/C(=N\c2ccc(F)cc2)N3C)[C@](C)(O)C[C@@H](C)CN[C@H](C)[C@@H](O)[C@]1(C)O. The van der Waals surface area contributed by atoms with Gasteiger partial charge in [-0.1, -0.05) is 20.8 Å². The first-order chi connectivity index (χ1) is 27.5. The van der Waals surface area contributed by atoms with Gasteiger partial charge < -0.3 is 63.8 Å². The third-order valence-corrected chi connectivity index (χ3v) is 13.1. The summed E-state index contributed by atoms with van der Waals surface area (Å²) in [6.07, 6.45) is -7.99. The Morgan fingerprint density at radius 3 is 2.25 bits per heavy atom. The number of aliphatic imine (C=N–C) groups is 1. The van der Waals surface area contributed by atoms with E-state index in [4.69, 9.17) is 33.2 Å². The van der Waals surface area contributed by atoms with Gasteiger partial charge in [-0.25, -0.2) is 4.39 Å². The number of nitrogens with one attached hydrogen (secondary N) is 1. The van der Waals surface area contributed by atoms with Gasteiger partial charge in [-0.3, -0.25) is 4.79 Å². The van der Waals surface area contributed by atoms with Crippen molar-refractivity contribution in [3.05, 3.63) is 30.1 Å². The highest BCUT2D eigenvalue weighted by atomic mass is 19.1. The molecule has 4 aliphatic heterocycles. The van der Waals surface area contributed by atoms with Gasteiger partial charge in [0.05, 0.1) is 53.3 Å². The van der Waals surface area contributed by atoms with Gasteiger partial charge in [0.2, 0.25) is 0 Å². The standard InChI is InChI=1S/C43H70FN3O12/c1-13-31-43(10,52)35(48)26(6)45-21-22(2)19-41(8,51)37(24(4)33(25(5)38(50)56-31)57-32-20-42(9,53-12)36(49)27(7)55-32)59-39-34-30(18-23(3)54-39)47(11)40(58-34)46-29-16-14-28(44)15-17-29/h14-17,22-27,30-37,39,45,48-49,51-52H,13,18-21H2,1-12H3/b46-40-/t22-,23-,24+,25-,26-,27+,30+,31-,32+,33+,34-,35-,36+,37-,39+,41-,42-,43-/m1/s1. The number of hydrogen-bond donors (Lipinski definition) is 5. The number of esters is 1. The first kappa shape index (κ1) is 47.5. The van der Waals surface area contributed by atoms with Crippen LogP contribution in [0.15, 0.2) is 29.3 Å². The summed E-state index contributed by atoms with van der Waals surface area (Å²) in [5, 5.41) is 50.1. The lowest BCUT2D eigenvalue weighted by Crippen LogP contribution is -2.60. The molecule has 4 aliphatic rings. The number of ether oxygens (including phenoxy) is 7. The topological polar surface area (TPSA) is 190 Å². The van der Waals surface area contributed by atoms with E-state index >= 15 is 0 Å². The van der Waals surface area contributed by atoms with Gasteiger partial charge in [0, 0.05) is 32.5 Å². The maximum absolute atomic E-state index is 14.3. The van der Waals surface area contributed by atoms with Crippen molar-refractivity contribution in [1.82, 2.24) is 10.2 Å². The van der Waals surface area contributed by atoms with Crippen LogP contribution in [-0.2, 0) is 38.0 Å². The number of methoxy groups -OCH3 is 1. The molecule has 0 radical (unpaired) electrons. The normalized spacial score (nSPS) is 46.2. The molecule has 336 valence electrons. The molecule has 1 aromatic carbocycles. The van der Waals surface area contributed by atoms with Crippen molar-refractivity contribution < 1.29 is 62.8 Å². The van der Waals surface area contributed by atoms with E-state index in [1.54, 1.807) is 53.7 Å². The monoisotopic (exact) mass is 839 g/mol. The van der Waals surface area contributed by atoms with Crippen molar-refractivity contribution in [1.29, 1.82) is 0 Å². The van der Waals surface area contributed by atoms with Crippen molar-refractivity contribution in [2.45, 2.75) is 185 Å². The number of halogens is 1. The lowest BCUT2D eigenvalue weighted by Gasteiger charge is -2.48. The van der Waals surface area contributed by atoms with Crippen molar-refractivity contribution in [2.24, 2.45) is 22.7 Å². The predicted molar refractivity (Wildman–Crippen MR) is 216 cm³/mol. The molecule has 4 heterocycles. The van der Waals surface area contributed by atoms with E-state index in [0.717, 1.165) is 0 Å². The van der Waals surface area contributed by atoms with Crippen LogP contribution < -0.4 is 5.32 Å². The summed E-state index contributed by atoms with van der Waals surface area (Å²) in [7, 11) is 3.37. The molecule has 0 amide bonds. The molecule has 18 atom stereocenters. The van der Waals surface area contributed by atoms with E-state index in [2.05, 4.69) is 10.3 Å². The summed E-state index contributed by atoms with van der Waals surface area (Å²) in [6.45, 7) is 17.9. The smallest absolute Gasteiger partial charge is 0.311 e. The molecule has 0 aliphatic carbocycles. The van der Waals surface area contributed by atoms with Crippen molar-refractivity contribution in [3.8, 4) is 0 Å². The van der Waals surface area contributed by atoms with Crippen LogP contribution in [0, 0.1) is 23.6 Å². The summed E-state index contributed by atoms with van der Waals surface area (Å²) in [5.41, 5.74) is -3.95. The third kappa shape index (κ3) is 10.4. The molecule has 0 saturated carbocycles. The molecule has 4 fully saturated rings. The fourth-order valence-electron chi connectivity index (χ4n) is 9.42. The lowest BCUT2D eigenvalue weighted by molar-refractivity contribution is -0.313. The van der Waals surface area contributed by atoms with Crippen LogP contribution in [0.5, 0.6) is 0 Å². The number of hydrogen-bond acceptors (Lipinski definition) is 14. The van der Waals surface area contributed by atoms with E-state index < -0.39 is 96.0 Å². The number of nitrogens with zero attached hydrogens (tertiary/aromatic N) is 2. The van der Waals surface area contributed by atoms with Gasteiger partial charge in [-0.05, 0) is 104 Å². The van der Waals surface area contributed by atoms with E-state index in [1.807, 2.05) is 32.7 Å². The zero-order valence-corrected chi connectivity index (χ0v) is 36.8. The van der Waals surface area contributed by atoms with Crippen LogP contribution in [0.3, 0.4) is 0 Å². The highest BCUT2D eigenvalue weighted by molar-refractivity contribution is 5.79. The number of rotatable bonds is 7. The molecule has 0 aromatic heterocycles. The Hall–Kier alpha value is -2.51. The number of amidine groups is 1. The molecule has 5 N–H and O–H groups in total. The van der Waals surface area contributed by atoms with E-state index in [0.29, 0.717) is 24.7 Å². The van der Waals surface area contributed by atoms with Crippen molar-refractivity contribution in [2.75, 3.05) is 20.7 Å². The summed E-state index contributed by atoms with van der Waals surface area (Å²) < 4.78 is 58.4. The Bertz CT molecular complexity index is 1580. The Kier molecular flexibility index (Phi) is 15.2. The molecule has 4 saturated heterocycles. The summed E-state index contributed by atoms with van der Waals surface area (Å²) in [6, 6.07) is 5.25. The fraction of sp³-hybridized carbons (Fsp3) is 0.814. The van der Waals surface area contributed by atoms with E-state index in [9.17, 15) is 29.6 Å². The van der Waals surface area contributed by atoms with Crippen LogP contribution in [0.1, 0.15) is 94.9 Å². The molecule has 0 spiro atoms. The van der Waals surface area contributed by atoms with E-state index in [-0.39, 0.29) is 43.1 Å². The molecule has 15 nitrogen and oxygen atoms in total. The number of carbonyl (C=O) groups is 1. The van der Waals surface area contributed by atoms with Crippen LogP contribution in [-0.4, -0.2) is 148 Å². The average Bonchev–Trinajstić information content (AvgIpc) is 3.48. The van der Waals surface area contributed by atoms with Gasteiger partial charge in [0.15, 0.2) is 18.7 Å². The zero-order valence-electron chi connectivity index (χ0n) is 36.8. The first-order valence-electron chi connectivity index (χ1n) is 21.2. The lowest BCUT2D eigenvalue weighted by atomic mass is 9.77.